The van der Waals surface area contributed by atoms with E-state index in [9.17, 15) is 4.79 Å². The number of carbonyl (C=O) groups is 1. The fourth-order valence-electron chi connectivity index (χ4n) is 2.04. The van der Waals surface area contributed by atoms with Crippen LogP contribution in [0.5, 0.6) is 5.75 Å². The lowest BCUT2D eigenvalue weighted by molar-refractivity contribution is 0.0993. The van der Waals surface area contributed by atoms with Gasteiger partial charge in [-0.25, -0.2) is 0 Å². The van der Waals surface area contributed by atoms with Gasteiger partial charge in [0, 0.05) is 12.0 Å². The van der Waals surface area contributed by atoms with Crippen molar-refractivity contribution in [2.24, 2.45) is 0 Å². The number of carbonyl (C=O) groups excluding carboxylic acids is 1. The van der Waals surface area contributed by atoms with Crippen LogP contribution in [0.1, 0.15) is 36.7 Å². The smallest absolute Gasteiger partial charge is 0.250 e. The molecule has 0 aliphatic rings. The molecular formula is C20H26O2Si. The largest absolute Gasteiger partial charge is 0.544 e. The first-order valence-electron chi connectivity index (χ1n) is 8.05. The molecule has 0 aromatic heterocycles. The van der Waals surface area contributed by atoms with Crippen LogP contribution in [-0.4, -0.2) is 14.1 Å². The Morgan fingerprint density at radius 1 is 0.957 bits per heavy atom. The normalized spacial score (nSPS) is 12.0. The number of rotatable bonds is 5. The molecule has 0 aliphatic carbocycles. The van der Waals surface area contributed by atoms with Gasteiger partial charge in [0.05, 0.1) is 0 Å². The number of benzene rings is 2. The van der Waals surface area contributed by atoms with E-state index in [-0.39, 0.29) is 10.8 Å². The minimum absolute atomic E-state index is 0.134. The highest BCUT2D eigenvalue weighted by Crippen LogP contribution is 2.37. The number of hydrogen-bond donors (Lipinski definition) is 0. The van der Waals surface area contributed by atoms with E-state index in [1.54, 1.807) is 0 Å². The van der Waals surface area contributed by atoms with Crippen molar-refractivity contribution in [3.63, 3.8) is 0 Å². The fourth-order valence-corrected chi connectivity index (χ4v) is 3.07. The Morgan fingerprint density at radius 2 is 1.52 bits per heavy atom. The summed E-state index contributed by atoms with van der Waals surface area (Å²) in [6.45, 7) is 11.1. The number of Topliss-reactive ketones (excluding diaryl/α,β-unsaturated/α-hetero) is 1. The van der Waals surface area contributed by atoms with Gasteiger partial charge in [0.25, 0.3) is 0 Å². The van der Waals surface area contributed by atoms with E-state index in [1.807, 2.05) is 54.6 Å². The Balaban J connectivity index is 2.06. The maximum atomic E-state index is 12.3. The van der Waals surface area contributed by atoms with E-state index < -0.39 is 8.32 Å². The summed E-state index contributed by atoms with van der Waals surface area (Å²) in [6, 6.07) is 17.4. The lowest BCUT2D eigenvalue weighted by atomic mass is 10.0. The van der Waals surface area contributed by atoms with E-state index in [0.717, 1.165) is 16.9 Å². The lowest BCUT2D eigenvalue weighted by Gasteiger charge is -2.36. The van der Waals surface area contributed by atoms with Gasteiger partial charge in [0.2, 0.25) is 8.32 Å². The van der Waals surface area contributed by atoms with Crippen molar-refractivity contribution in [2.45, 2.75) is 45.3 Å². The second kappa shape index (κ2) is 6.71. The first-order chi connectivity index (χ1) is 10.7. The van der Waals surface area contributed by atoms with Crippen LogP contribution in [0.4, 0.5) is 0 Å². The molecule has 2 nitrogen and oxygen atoms in total. The summed E-state index contributed by atoms with van der Waals surface area (Å²) in [5.74, 6) is 0.989. The molecule has 2 aromatic rings. The maximum Gasteiger partial charge on any atom is 0.250 e. The van der Waals surface area contributed by atoms with E-state index in [4.69, 9.17) is 4.43 Å². The van der Waals surface area contributed by atoms with Crippen LogP contribution < -0.4 is 4.43 Å². The summed E-state index contributed by atoms with van der Waals surface area (Å²) in [4.78, 5) is 12.3. The zero-order valence-corrected chi connectivity index (χ0v) is 15.7. The van der Waals surface area contributed by atoms with Crippen molar-refractivity contribution in [1.29, 1.82) is 0 Å². The van der Waals surface area contributed by atoms with Crippen molar-refractivity contribution >= 4 is 14.1 Å². The van der Waals surface area contributed by atoms with Crippen LogP contribution in [0.15, 0.2) is 54.6 Å². The quantitative estimate of drug-likeness (QED) is 0.536. The Bertz CT molecular complexity index is 652. The zero-order valence-electron chi connectivity index (χ0n) is 14.7. The summed E-state index contributed by atoms with van der Waals surface area (Å²) in [6.07, 6.45) is 0.434. The van der Waals surface area contributed by atoms with Gasteiger partial charge < -0.3 is 4.43 Å². The third-order valence-electron chi connectivity index (χ3n) is 4.56. The van der Waals surface area contributed by atoms with E-state index >= 15 is 0 Å². The summed E-state index contributed by atoms with van der Waals surface area (Å²) in [5.41, 5.74) is 1.77. The molecule has 2 rings (SSSR count). The Hall–Kier alpha value is -1.87. The molecule has 0 amide bonds. The molecule has 3 heteroatoms. The number of hydrogen-bond acceptors (Lipinski definition) is 2. The monoisotopic (exact) mass is 326 g/mol. The van der Waals surface area contributed by atoms with Gasteiger partial charge in [-0.05, 0) is 48.0 Å². The first-order valence-corrected chi connectivity index (χ1v) is 11.0. The maximum absolute atomic E-state index is 12.3. The molecule has 0 saturated carbocycles. The van der Waals surface area contributed by atoms with Crippen LogP contribution in [-0.2, 0) is 6.42 Å². The van der Waals surface area contributed by atoms with Crippen LogP contribution in [0.2, 0.25) is 18.1 Å². The minimum Gasteiger partial charge on any atom is -0.544 e. The summed E-state index contributed by atoms with van der Waals surface area (Å²) < 4.78 is 6.25. The third kappa shape index (κ3) is 4.55. The molecule has 0 aliphatic heterocycles. The Morgan fingerprint density at radius 3 is 2.04 bits per heavy atom. The minimum atomic E-state index is -1.84. The van der Waals surface area contributed by atoms with Crippen LogP contribution in [0.3, 0.4) is 0 Å². The topological polar surface area (TPSA) is 26.3 Å². The molecule has 0 fully saturated rings. The highest BCUT2D eigenvalue weighted by molar-refractivity contribution is 6.74. The lowest BCUT2D eigenvalue weighted by Crippen LogP contribution is -2.43. The van der Waals surface area contributed by atoms with Gasteiger partial charge in [-0.3, -0.25) is 4.79 Å². The Labute approximate surface area is 140 Å². The molecule has 0 spiro atoms. The van der Waals surface area contributed by atoms with Crippen LogP contribution in [0.25, 0.3) is 0 Å². The standard InChI is InChI=1S/C20H26O2Si/c1-20(2,3)23(4,5)22-18-13-11-17(12-14-18)19(21)15-16-9-7-6-8-10-16/h6-14H,15H2,1-5H3. The van der Waals surface area contributed by atoms with Crippen molar-refractivity contribution in [3.8, 4) is 5.75 Å². The van der Waals surface area contributed by atoms with Crippen LogP contribution >= 0.6 is 0 Å². The molecular weight excluding hydrogens is 300 g/mol. The SMILES string of the molecule is CC(C)(C)[Si](C)(C)Oc1ccc(C(=O)Cc2ccccc2)cc1. The summed E-state index contributed by atoms with van der Waals surface area (Å²) in [7, 11) is -1.84. The van der Waals surface area contributed by atoms with E-state index in [2.05, 4.69) is 33.9 Å². The molecule has 0 N–H and O–H groups in total. The third-order valence-corrected chi connectivity index (χ3v) is 8.92. The van der Waals surface area contributed by atoms with Crippen molar-refractivity contribution in [3.05, 3.63) is 65.7 Å². The predicted molar refractivity (Wildman–Crippen MR) is 98.7 cm³/mol. The van der Waals surface area contributed by atoms with Gasteiger partial charge in [0.1, 0.15) is 5.75 Å². The summed E-state index contributed by atoms with van der Waals surface area (Å²) in [5, 5.41) is 0.162. The molecule has 0 radical (unpaired) electrons. The van der Waals surface area contributed by atoms with Crippen molar-refractivity contribution in [1.82, 2.24) is 0 Å². The highest BCUT2D eigenvalue weighted by Gasteiger charge is 2.38. The molecule has 0 atom stereocenters. The predicted octanol–water partition coefficient (Wildman–Crippen LogP) is 5.50. The number of ketones is 1. The van der Waals surface area contributed by atoms with Crippen molar-refractivity contribution < 1.29 is 9.22 Å². The molecule has 0 heterocycles. The zero-order chi connectivity index (χ0) is 17.1. The molecule has 23 heavy (non-hydrogen) atoms. The van der Waals surface area contributed by atoms with Crippen LogP contribution in [0, 0.1) is 0 Å². The molecule has 0 unspecified atom stereocenters. The average Bonchev–Trinajstić information content (AvgIpc) is 2.47. The highest BCUT2D eigenvalue weighted by atomic mass is 28.4. The van der Waals surface area contributed by atoms with Gasteiger partial charge in [-0.15, -0.1) is 0 Å². The van der Waals surface area contributed by atoms with Crippen molar-refractivity contribution in [2.75, 3.05) is 0 Å². The van der Waals surface area contributed by atoms with Gasteiger partial charge in [-0.1, -0.05) is 51.1 Å². The molecule has 122 valence electrons. The molecule has 0 bridgehead atoms. The van der Waals surface area contributed by atoms with E-state index in [0.29, 0.717) is 6.42 Å². The second-order valence-electron chi connectivity index (χ2n) is 7.47. The Kier molecular flexibility index (Phi) is 5.10. The van der Waals surface area contributed by atoms with Gasteiger partial charge in [-0.2, -0.15) is 0 Å². The summed E-state index contributed by atoms with van der Waals surface area (Å²) >= 11 is 0. The molecule has 2 aromatic carbocycles. The van der Waals surface area contributed by atoms with Gasteiger partial charge >= 0.3 is 0 Å². The first kappa shape index (κ1) is 17.5. The van der Waals surface area contributed by atoms with Gasteiger partial charge in [0.15, 0.2) is 5.78 Å². The second-order valence-corrected chi connectivity index (χ2v) is 12.2. The van der Waals surface area contributed by atoms with E-state index in [1.165, 1.54) is 0 Å². The average molecular weight is 327 g/mol. The molecule has 0 saturated heterocycles. The fraction of sp³-hybridized carbons (Fsp3) is 0.350.